The summed E-state index contributed by atoms with van der Waals surface area (Å²) < 4.78 is 17.5. The summed E-state index contributed by atoms with van der Waals surface area (Å²) in [5, 5.41) is 3.22. The van der Waals surface area contributed by atoms with E-state index in [1.807, 2.05) is 13.1 Å². The lowest BCUT2D eigenvalue weighted by atomic mass is 9.98. The largest absolute Gasteiger partial charge is 0.490 e. The Balaban J connectivity index is 1.88. The molecule has 21 heavy (non-hydrogen) atoms. The number of nitrogens with one attached hydrogen (secondary N) is 1. The third-order valence-corrected chi connectivity index (χ3v) is 4.12. The lowest BCUT2D eigenvalue weighted by Gasteiger charge is -2.39. The molecule has 0 saturated carbocycles. The molecule has 2 aliphatic heterocycles. The molecule has 1 aromatic rings. The van der Waals surface area contributed by atoms with Crippen molar-refractivity contribution in [3.05, 3.63) is 23.8 Å². The summed E-state index contributed by atoms with van der Waals surface area (Å²) in [6.07, 6.45) is 1.08. The van der Waals surface area contributed by atoms with Crippen molar-refractivity contribution >= 4 is 0 Å². The van der Waals surface area contributed by atoms with Gasteiger partial charge in [0, 0.05) is 19.5 Å². The van der Waals surface area contributed by atoms with Crippen LogP contribution in [0, 0.1) is 0 Å². The summed E-state index contributed by atoms with van der Waals surface area (Å²) >= 11 is 0. The van der Waals surface area contributed by atoms with Gasteiger partial charge in [-0.25, -0.2) is 0 Å². The normalized spacial score (nSPS) is 26.4. The van der Waals surface area contributed by atoms with Gasteiger partial charge < -0.3 is 19.5 Å². The van der Waals surface area contributed by atoms with Crippen LogP contribution in [-0.4, -0.2) is 58.0 Å². The summed E-state index contributed by atoms with van der Waals surface area (Å²) in [5.41, 5.74) is 1.22. The van der Waals surface area contributed by atoms with Gasteiger partial charge >= 0.3 is 0 Å². The smallest absolute Gasteiger partial charge is 0.161 e. The van der Waals surface area contributed by atoms with Gasteiger partial charge in [-0.3, -0.25) is 4.90 Å². The Bertz CT molecular complexity index is 479. The van der Waals surface area contributed by atoms with E-state index < -0.39 is 0 Å². The van der Waals surface area contributed by atoms with E-state index in [9.17, 15) is 0 Å². The van der Waals surface area contributed by atoms with Crippen LogP contribution in [0.15, 0.2) is 18.2 Å². The molecule has 5 heteroatoms. The minimum Gasteiger partial charge on any atom is -0.490 e. The Morgan fingerprint density at radius 1 is 1.19 bits per heavy atom. The van der Waals surface area contributed by atoms with E-state index in [2.05, 4.69) is 29.4 Å². The van der Waals surface area contributed by atoms with Crippen molar-refractivity contribution in [1.82, 2.24) is 10.2 Å². The van der Waals surface area contributed by atoms with Gasteiger partial charge in [-0.1, -0.05) is 6.07 Å². The van der Waals surface area contributed by atoms with Crippen molar-refractivity contribution in [2.45, 2.75) is 18.6 Å². The SMILES string of the molecule is CNCC1OCCN(C)C1c1ccc2c(c1)OCCCO2. The molecule has 116 valence electrons. The Morgan fingerprint density at radius 3 is 2.81 bits per heavy atom. The van der Waals surface area contributed by atoms with Crippen LogP contribution >= 0.6 is 0 Å². The summed E-state index contributed by atoms with van der Waals surface area (Å²) in [6.45, 7) is 4.00. The second-order valence-electron chi connectivity index (χ2n) is 5.65. The molecule has 0 amide bonds. The Morgan fingerprint density at radius 2 is 2.00 bits per heavy atom. The molecular formula is C16H24N2O3. The van der Waals surface area contributed by atoms with Gasteiger partial charge in [0.1, 0.15) is 0 Å². The first-order valence-corrected chi connectivity index (χ1v) is 7.65. The number of rotatable bonds is 3. The zero-order chi connectivity index (χ0) is 14.7. The maximum atomic E-state index is 5.95. The first kappa shape index (κ1) is 14.6. The zero-order valence-electron chi connectivity index (χ0n) is 12.8. The van der Waals surface area contributed by atoms with Gasteiger partial charge in [-0.2, -0.15) is 0 Å². The van der Waals surface area contributed by atoms with Crippen molar-refractivity contribution in [2.24, 2.45) is 0 Å². The topological polar surface area (TPSA) is 43.0 Å². The molecule has 2 atom stereocenters. The van der Waals surface area contributed by atoms with Crippen LogP contribution in [0.5, 0.6) is 11.5 Å². The molecule has 3 rings (SSSR count). The predicted octanol–water partition coefficient (Wildman–Crippen LogP) is 1.44. The first-order valence-electron chi connectivity index (χ1n) is 7.65. The predicted molar refractivity (Wildman–Crippen MR) is 81.1 cm³/mol. The minimum atomic E-state index is 0.151. The maximum absolute atomic E-state index is 5.95. The molecular weight excluding hydrogens is 268 g/mol. The standard InChI is InChI=1S/C16H24N2O3/c1-17-11-15-16(18(2)6-9-21-15)12-4-5-13-14(10-12)20-8-3-7-19-13/h4-5,10,15-17H,3,6-9,11H2,1-2H3. The van der Waals surface area contributed by atoms with Crippen molar-refractivity contribution in [1.29, 1.82) is 0 Å². The molecule has 2 unspecified atom stereocenters. The highest BCUT2D eigenvalue weighted by molar-refractivity contribution is 5.44. The molecule has 2 aliphatic rings. The van der Waals surface area contributed by atoms with Crippen LogP contribution in [0.3, 0.4) is 0 Å². The quantitative estimate of drug-likeness (QED) is 0.913. The van der Waals surface area contributed by atoms with Crippen molar-refractivity contribution in [3.63, 3.8) is 0 Å². The number of ether oxygens (including phenoxy) is 3. The van der Waals surface area contributed by atoms with Crippen LogP contribution in [-0.2, 0) is 4.74 Å². The highest BCUT2D eigenvalue weighted by Crippen LogP contribution is 2.36. The molecule has 0 aromatic heterocycles. The summed E-state index contributed by atoms with van der Waals surface area (Å²) in [5.74, 6) is 1.70. The van der Waals surface area contributed by atoms with Crippen LogP contribution in [0.4, 0.5) is 0 Å². The molecule has 1 aromatic carbocycles. The Kier molecular flexibility index (Phi) is 4.63. The third kappa shape index (κ3) is 3.15. The molecule has 0 radical (unpaired) electrons. The van der Waals surface area contributed by atoms with Gasteiger partial charge in [0.05, 0.1) is 32.0 Å². The fraction of sp³-hybridized carbons (Fsp3) is 0.625. The van der Waals surface area contributed by atoms with E-state index in [0.29, 0.717) is 6.61 Å². The lowest BCUT2D eigenvalue weighted by Crippen LogP contribution is -2.46. The highest BCUT2D eigenvalue weighted by Gasteiger charge is 2.31. The van der Waals surface area contributed by atoms with E-state index in [0.717, 1.165) is 44.2 Å². The average molecular weight is 292 g/mol. The molecule has 0 aliphatic carbocycles. The molecule has 1 fully saturated rings. The molecule has 0 spiro atoms. The van der Waals surface area contributed by atoms with Gasteiger partial charge in [-0.05, 0) is 31.8 Å². The summed E-state index contributed by atoms with van der Waals surface area (Å²) in [7, 11) is 4.11. The van der Waals surface area contributed by atoms with Gasteiger partial charge in [0.25, 0.3) is 0 Å². The second-order valence-corrected chi connectivity index (χ2v) is 5.65. The number of fused-ring (bicyclic) bond motifs is 1. The van der Waals surface area contributed by atoms with Crippen molar-refractivity contribution < 1.29 is 14.2 Å². The van der Waals surface area contributed by atoms with Crippen LogP contribution in [0.25, 0.3) is 0 Å². The van der Waals surface area contributed by atoms with Gasteiger partial charge in [0.2, 0.25) is 0 Å². The highest BCUT2D eigenvalue weighted by atomic mass is 16.5. The van der Waals surface area contributed by atoms with Crippen LogP contribution in [0.2, 0.25) is 0 Å². The number of nitrogens with zero attached hydrogens (tertiary/aromatic N) is 1. The Hall–Kier alpha value is -1.30. The lowest BCUT2D eigenvalue weighted by molar-refractivity contribution is -0.0606. The third-order valence-electron chi connectivity index (χ3n) is 4.12. The molecule has 2 heterocycles. The number of hydrogen-bond acceptors (Lipinski definition) is 5. The molecule has 1 N–H and O–H groups in total. The second kappa shape index (κ2) is 6.64. The maximum Gasteiger partial charge on any atom is 0.161 e. The van der Waals surface area contributed by atoms with E-state index >= 15 is 0 Å². The number of likely N-dealkylation sites (N-methyl/N-ethyl adjacent to an activating group) is 2. The number of hydrogen-bond donors (Lipinski definition) is 1. The molecule has 0 bridgehead atoms. The summed E-state index contributed by atoms with van der Waals surface area (Å²) in [6, 6.07) is 6.50. The number of benzene rings is 1. The minimum absolute atomic E-state index is 0.151. The zero-order valence-corrected chi connectivity index (χ0v) is 12.8. The van der Waals surface area contributed by atoms with E-state index in [1.165, 1.54) is 5.56 Å². The fourth-order valence-electron chi connectivity index (χ4n) is 3.07. The Labute approximate surface area is 126 Å². The number of morpholine rings is 1. The van der Waals surface area contributed by atoms with E-state index in [4.69, 9.17) is 14.2 Å². The van der Waals surface area contributed by atoms with E-state index in [-0.39, 0.29) is 12.1 Å². The summed E-state index contributed by atoms with van der Waals surface area (Å²) in [4.78, 5) is 2.35. The van der Waals surface area contributed by atoms with E-state index in [1.54, 1.807) is 0 Å². The van der Waals surface area contributed by atoms with Crippen molar-refractivity contribution in [3.8, 4) is 11.5 Å². The monoisotopic (exact) mass is 292 g/mol. The van der Waals surface area contributed by atoms with Crippen LogP contribution in [0.1, 0.15) is 18.0 Å². The van der Waals surface area contributed by atoms with Crippen molar-refractivity contribution in [2.75, 3.05) is 47.0 Å². The van der Waals surface area contributed by atoms with Crippen LogP contribution < -0.4 is 14.8 Å². The fourth-order valence-corrected chi connectivity index (χ4v) is 3.07. The van der Waals surface area contributed by atoms with Gasteiger partial charge in [-0.15, -0.1) is 0 Å². The van der Waals surface area contributed by atoms with Gasteiger partial charge in [0.15, 0.2) is 11.5 Å². The molecule has 5 nitrogen and oxygen atoms in total. The average Bonchev–Trinajstić information content (AvgIpc) is 2.72. The molecule has 1 saturated heterocycles. The first-order chi connectivity index (χ1) is 10.3.